The van der Waals surface area contributed by atoms with Crippen molar-refractivity contribution in [2.45, 2.75) is 56.6 Å². The molecule has 2 fully saturated rings. The van der Waals surface area contributed by atoms with Gasteiger partial charge in [0.1, 0.15) is 18.3 Å². The number of aliphatic hydroxyl groups is 3. The molecule has 0 unspecified atom stereocenters. The predicted molar refractivity (Wildman–Crippen MR) is 62.8 cm³/mol. The van der Waals surface area contributed by atoms with Crippen LogP contribution in [0.2, 0.25) is 0 Å². The molecule has 0 bridgehead atoms. The number of aliphatic hydroxyl groups excluding tert-OH is 3. The van der Waals surface area contributed by atoms with E-state index in [9.17, 15) is 20.1 Å². The number of hydrogen-bond donors (Lipinski definition) is 3. The van der Waals surface area contributed by atoms with E-state index < -0.39 is 30.5 Å². The first-order valence-electron chi connectivity index (χ1n) is 6.52. The topological polar surface area (TPSA) is 90.2 Å². The Kier molecular flexibility index (Phi) is 4.21. The van der Waals surface area contributed by atoms with Crippen molar-refractivity contribution < 1.29 is 24.9 Å². The molecule has 104 valence electrons. The molecule has 0 aromatic heterocycles. The lowest BCUT2D eigenvalue weighted by atomic mass is 9.93. The molecule has 0 amide bonds. The van der Waals surface area contributed by atoms with Gasteiger partial charge in [-0.25, -0.2) is 0 Å². The van der Waals surface area contributed by atoms with Crippen molar-refractivity contribution in [1.29, 1.82) is 0 Å². The molecule has 3 N–H and O–H groups in total. The van der Waals surface area contributed by atoms with E-state index in [0.717, 1.165) is 0 Å². The van der Waals surface area contributed by atoms with Crippen LogP contribution in [0.1, 0.15) is 26.2 Å². The van der Waals surface area contributed by atoms with Crippen LogP contribution >= 0.6 is 0 Å². The van der Waals surface area contributed by atoms with Gasteiger partial charge in [-0.2, -0.15) is 0 Å². The quantitative estimate of drug-likeness (QED) is 0.556. The summed E-state index contributed by atoms with van der Waals surface area (Å²) >= 11 is 0. The summed E-state index contributed by atoms with van der Waals surface area (Å²) < 4.78 is 5.19. The number of esters is 1. The molecule has 0 radical (unpaired) electrons. The number of ether oxygens (including phenoxy) is 1. The molecule has 2 rings (SSSR count). The molecule has 18 heavy (non-hydrogen) atoms. The van der Waals surface area contributed by atoms with E-state index >= 15 is 0 Å². The summed E-state index contributed by atoms with van der Waals surface area (Å²) in [7, 11) is 0. The van der Waals surface area contributed by atoms with Crippen molar-refractivity contribution in [3.63, 3.8) is 0 Å². The summed E-state index contributed by atoms with van der Waals surface area (Å²) in [6, 6.07) is -0.443. The SMILES string of the molecule is CCCC(=O)O[C@H]1CN2CC[C@H](O)[C@@H]2[C@@H](O)[C@@H]1O. The van der Waals surface area contributed by atoms with Crippen molar-refractivity contribution >= 4 is 5.97 Å². The van der Waals surface area contributed by atoms with Crippen LogP contribution in [0.15, 0.2) is 0 Å². The van der Waals surface area contributed by atoms with Crippen molar-refractivity contribution in [2.75, 3.05) is 13.1 Å². The van der Waals surface area contributed by atoms with E-state index in [2.05, 4.69) is 0 Å². The van der Waals surface area contributed by atoms with Crippen LogP contribution in [0.3, 0.4) is 0 Å². The first-order valence-corrected chi connectivity index (χ1v) is 6.52. The molecule has 6 nitrogen and oxygen atoms in total. The highest BCUT2D eigenvalue weighted by Crippen LogP contribution is 2.29. The van der Waals surface area contributed by atoms with Crippen LogP contribution in [0.5, 0.6) is 0 Å². The number of nitrogens with zero attached hydrogens (tertiary/aromatic N) is 1. The van der Waals surface area contributed by atoms with Crippen LogP contribution in [-0.2, 0) is 9.53 Å². The second-order valence-corrected chi connectivity index (χ2v) is 5.10. The van der Waals surface area contributed by atoms with Crippen LogP contribution < -0.4 is 0 Å². The zero-order valence-corrected chi connectivity index (χ0v) is 10.5. The molecule has 2 aliphatic heterocycles. The van der Waals surface area contributed by atoms with Gasteiger partial charge in [-0.1, -0.05) is 6.92 Å². The van der Waals surface area contributed by atoms with Gasteiger partial charge in [-0.3, -0.25) is 9.69 Å². The van der Waals surface area contributed by atoms with Crippen LogP contribution in [0.4, 0.5) is 0 Å². The number of carbonyl (C=O) groups is 1. The van der Waals surface area contributed by atoms with Gasteiger partial charge in [0.15, 0.2) is 0 Å². The third-order valence-corrected chi connectivity index (χ3v) is 3.76. The molecule has 0 spiro atoms. The highest BCUT2D eigenvalue weighted by atomic mass is 16.6. The maximum atomic E-state index is 11.4. The van der Waals surface area contributed by atoms with Gasteiger partial charge in [-0.05, 0) is 12.8 Å². The van der Waals surface area contributed by atoms with E-state index in [1.165, 1.54) is 0 Å². The van der Waals surface area contributed by atoms with Crippen molar-refractivity contribution in [3.05, 3.63) is 0 Å². The van der Waals surface area contributed by atoms with Crippen LogP contribution in [0.25, 0.3) is 0 Å². The molecule has 6 heteroatoms. The summed E-state index contributed by atoms with van der Waals surface area (Å²) in [6.07, 6.45) is -1.96. The highest BCUT2D eigenvalue weighted by Gasteiger charge is 2.49. The minimum Gasteiger partial charge on any atom is -0.458 e. The van der Waals surface area contributed by atoms with Gasteiger partial charge in [0.2, 0.25) is 0 Å². The number of carbonyl (C=O) groups excluding carboxylic acids is 1. The van der Waals surface area contributed by atoms with E-state index in [1.54, 1.807) is 0 Å². The Morgan fingerprint density at radius 3 is 2.72 bits per heavy atom. The van der Waals surface area contributed by atoms with Gasteiger partial charge < -0.3 is 20.1 Å². The maximum Gasteiger partial charge on any atom is 0.306 e. The number of fused-ring (bicyclic) bond motifs is 1. The van der Waals surface area contributed by atoms with Crippen molar-refractivity contribution in [3.8, 4) is 0 Å². The van der Waals surface area contributed by atoms with E-state index in [0.29, 0.717) is 32.4 Å². The molecular formula is C12H21NO5. The third-order valence-electron chi connectivity index (χ3n) is 3.76. The Morgan fingerprint density at radius 2 is 2.06 bits per heavy atom. The second-order valence-electron chi connectivity index (χ2n) is 5.10. The van der Waals surface area contributed by atoms with Gasteiger partial charge in [0.25, 0.3) is 0 Å². The fraction of sp³-hybridized carbons (Fsp3) is 0.917. The average Bonchev–Trinajstić information content (AvgIpc) is 2.67. The first-order chi connectivity index (χ1) is 8.54. The number of piperidine rings is 1. The van der Waals surface area contributed by atoms with Gasteiger partial charge in [0.05, 0.1) is 12.1 Å². The lowest BCUT2D eigenvalue weighted by Crippen LogP contribution is -2.62. The summed E-state index contributed by atoms with van der Waals surface area (Å²) in [6.45, 7) is 2.90. The Balaban J connectivity index is 2.00. The van der Waals surface area contributed by atoms with Crippen molar-refractivity contribution in [1.82, 2.24) is 4.90 Å². The summed E-state index contributed by atoms with van der Waals surface area (Å²) in [5.74, 6) is -0.355. The standard InChI is InChI=1S/C12H21NO5/c1-2-3-9(15)18-8-6-13-5-4-7(14)10(13)12(17)11(8)16/h7-8,10-12,14,16-17H,2-6H2,1H3/t7-,8-,10+,11+,12+/m0/s1. The molecular weight excluding hydrogens is 238 g/mol. The fourth-order valence-corrected chi connectivity index (χ4v) is 2.82. The normalized spacial score (nSPS) is 40.6. The molecule has 5 atom stereocenters. The minimum absolute atomic E-state index is 0.311. The largest absolute Gasteiger partial charge is 0.458 e. The Bertz CT molecular complexity index is 311. The summed E-state index contributed by atoms with van der Waals surface area (Å²) in [5.41, 5.74) is 0. The molecule has 0 aromatic carbocycles. The average molecular weight is 259 g/mol. The van der Waals surface area contributed by atoms with Crippen LogP contribution in [0, 0.1) is 0 Å². The van der Waals surface area contributed by atoms with E-state index in [1.807, 2.05) is 11.8 Å². The maximum absolute atomic E-state index is 11.4. The Morgan fingerprint density at radius 1 is 1.33 bits per heavy atom. The molecule has 2 aliphatic rings. The summed E-state index contributed by atoms with van der Waals surface area (Å²) in [4.78, 5) is 13.3. The minimum atomic E-state index is -1.13. The van der Waals surface area contributed by atoms with Crippen molar-refractivity contribution in [2.24, 2.45) is 0 Å². The van der Waals surface area contributed by atoms with E-state index in [4.69, 9.17) is 4.74 Å². The zero-order chi connectivity index (χ0) is 13.3. The van der Waals surface area contributed by atoms with Gasteiger partial charge >= 0.3 is 5.97 Å². The molecule has 2 heterocycles. The molecule has 0 aromatic rings. The third kappa shape index (κ3) is 2.51. The second kappa shape index (κ2) is 5.52. The van der Waals surface area contributed by atoms with Crippen LogP contribution in [-0.4, -0.2) is 69.7 Å². The highest BCUT2D eigenvalue weighted by molar-refractivity contribution is 5.69. The monoisotopic (exact) mass is 259 g/mol. The smallest absolute Gasteiger partial charge is 0.306 e. The van der Waals surface area contributed by atoms with Gasteiger partial charge in [-0.15, -0.1) is 0 Å². The molecule has 0 aliphatic carbocycles. The van der Waals surface area contributed by atoms with Gasteiger partial charge in [0, 0.05) is 19.5 Å². The lowest BCUT2D eigenvalue weighted by molar-refractivity contribution is -0.178. The fourth-order valence-electron chi connectivity index (χ4n) is 2.82. The lowest BCUT2D eigenvalue weighted by Gasteiger charge is -2.42. The number of hydrogen-bond acceptors (Lipinski definition) is 6. The van der Waals surface area contributed by atoms with E-state index in [-0.39, 0.29) is 5.97 Å². The zero-order valence-electron chi connectivity index (χ0n) is 10.5. The first kappa shape index (κ1) is 13.7. The summed E-state index contributed by atoms with van der Waals surface area (Å²) in [5, 5.41) is 29.7. The molecule has 0 saturated carbocycles. The Labute approximate surface area is 106 Å². The predicted octanol–water partition coefficient (Wildman–Crippen LogP) is -1.13. The Hall–Kier alpha value is -0.690. The number of rotatable bonds is 3. The molecule has 2 saturated heterocycles.